The monoisotopic (exact) mass is 462 g/mol. The van der Waals surface area contributed by atoms with Crippen molar-refractivity contribution in [3.63, 3.8) is 0 Å². The van der Waals surface area contributed by atoms with Crippen LogP contribution in [0.3, 0.4) is 0 Å². The molecule has 1 saturated heterocycles. The highest BCUT2D eigenvalue weighted by molar-refractivity contribution is 7.89. The molecule has 1 fully saturated rings. The third-order valence-corrected chi connectivity index (χ3v) is 7.20. The lowest BCUT2D eigenvalue weighted by Gasteiger charge is -2.26. The fraction of sp³-hybridized carbons (Fsp3) is 0.278. The fourth-order valence-corrected chi connectivity index (χ4v) is 5.09. The maximum atomic E-state index is 12.9. The van der Waals surface area contributed by atoms with Crippen LogP contribution in [-0.2, 0) is 21.3 Å². The summed E-state index contributed by atoms with van der Waals surface area (Å²) < 4.78 is 32.2. The van der Waals surface area contributed by atoms with E-state index in [1.807, 2.05) is 0 Å². The molecular weight excluding hydrogens is 447 g/mol. The van der Waals surface area contributed by atoms with Gasteiger partial charge in [-0.05, 0) is 35.9 Å². The second kappa shape index (κ2) is 8.98. The maximum absolute atomic E-state index is 12.9. The first-order valence-electron chi connectivity index (χ1n) is 8.38. The predicted molar refractivity (Wildman–Crippen MR) is 109 cm³/mol. The molecule has 0 unspecified atom stereocenters. The van der Waals surface area contributed by atoms with E-state index >= 15 is 0 Å². The van der Waals surface area contributed by atoms with Crippen molar-refractivity contribution in [3.8, 4) is 0 Å². The molecule has 6 nitrogen and oxygen atoms in total. The zero-order valence-corrected chi connectivity index (χ0v) is 17.7. The highest BCUT2D eigenvalue weighted by Gasteiger charge is 2.29. The van der Waals surface area contributed by atoms with Gasteiger partial charge in [-0.15, -0.1) is 0 Å². The zero-order valence-electron chi connectivity index (χ0n) is 14.6. The lowest BCUT2D eigenvalue weighted by molar-refractivity contribution is 0.0730. The molecule has 28 heavy (non-hydrogen) atoms. The largest absolute Gasteiger partial charge is 0.379 e. The Bertz CT molecular complexity index is 992. The number of ether oxygens (including phenoxy) is 1. The summed E-state index contributed by atoms with van der Waals surface area (Å²) in [6.45, 7) is 1.29. The molecule has 1 amide bonds. The molecule has 0 atom stereocenters. The minimum Gasteiger partial charge on any atom is -0.379 e. The van der Waals surface area contributed by atoms with Crippen molar-refractivity contribution in [3.05, 3.63) is 62.6 Å². The number of hydrogen-bond donors (Lipinski definition) is 1. The van der Waals surface area contributed by atoms with Crippen LogP contribution >= 0.6 is 34.8 Å². The molecule has 1 aliphatic heterocycles. The SMILES string of the molecule is O=C(NCc1ccc(Cl)cc1Cl)c1ccc(Cl)c(S(=O)(=O)N2CCOCC2)c1. The molecule has 0 spiro atoms. The number of carbonyl (C=O) groups is 1. The Labute approximate surface area is 178 Å². The first-order valence-corrected chi connectivity index (χ1v) is 11.0. The summed E-state index contributed by atoms with van der Waals surface area (Å²) in [5, 5.41) is 3.70. The average molecular weight is 464 g/mol. The van der Waals surface area contributed by atoms with Crippen LogP contribution in [0.25, 0.3) is 0 Å². The third kappa shape index (κ3) is 4.79. The Hall–Kier alpha value is -1.35. The molecule has 0 radical (unpaired) electrons. The van der Waals surface area contributed by atoms with Gasteiger partial charge < -0.3 is 10.1 Å². The number of morpholine rings is 1. The van der Waals surface area contributed by atoms with E-state index in [1.165, 1.54) is 22.5 Å². The van der Waals surface area contributed by atoms with Gasteiger partial charge >= 0.3 is 0 Å². The Balaban J connectivity index is 1.79. The molecule has 2 aromatic rings. The van der Waals surface area contributed by atoms with Crippen LogP contribution in [0.1, 0.15) is 15.9 Å². The highest BCUT2D eigenvalue weighted by Crippen LogP contribution is 2.27. The van der Waals surface area contributed by atoms with Gasteiger partial charge in [-0.1, -0.05) is 40.9 Å². The standard InChI is InChI=1S/C18H17Cl3N2O4S/c19-14-3-1-13(16(21)10-14)11-22-18(24)12-2-4-15(20)17(9-12)28(25,26)23-5-7-27-8-6-23/h1-4,9-10H,5-8,11H2,(H,22,24). The molecule has 1 heterocycles. The Kier molecular flexibility index (Phi) is 6.85. The summed E-state index contributed by atoms with van der Waals surface area (Å²) in [5.41, 5.74) is 0.871. The number of hydrogen-bond acceptors (Lipinski definition) is 4. The number of benzene rings is 2. The highest BCUT2D eigenvalue weighted by atomic mass is 35.5. The van der Waals surface area contributed by atoms with Gasteiger partial charge in [-0.25, -0.2) is 8.42 Å². The topological polar surface area (TPSA) is 75.7 Å². The van der Waals surface area contributed by atoms with Gasteiger partial charge in [0, 0.05) is 35.2 Å². The van der Waals surface area contributed by atoms with Crippen molar-refractivity contribution in [2.75, 3.05) is 26.3 Å². The Morgan fingerprint density at radius 1 is 1.04 bits per heavy atom. The van der Waals surface area contributed by atoms with E-state index in [2.05, 4.69) is 5.32 Å². The summed E-state index contributed by atoms with van der Waals surface area (Å²) in [5.74, 6) is -0.443. The van der Waals surface area contributed by atoms with E-state index in [9.17, 15) is 13.2 Å². The van der Waals surface area contributed by atoms with Gasteiger partial charge in [0.25, 0.3) is 5.91 Å². The quantitative estimate of drug-likeness (QED) is 0.735. The van der Waals surface area contributed by atoms with Crippen LogP contribution in [0.15, 0.2) is 41.3 Å². The van der Waals surface area contributed by atoms with Crippen LogP contribution in [0, 0.1) is 0 Å². The van der Waals surface area contributed by atoms with Gasteiger partial charge in [0.15, 0.2) is 0 Å². The summed E-state index contributed by atoms with van der Waals surface area (Å²) in [7, 11) is -3.82. The van der Waals surface area contributed by atoms with Crippen LogP contribution < -0.4 is 5.32 Å². The van der Waals surface area contributed by atoms with Crippen molar-refractivity contribution < 1.29 is 17.9 Å². The van der Waals surface area contributed by atoms with Crippen molar-refractivity contribution >= 4 is 50.7 Å². The lowest BCUT2D eigenvalue weighted by Crippen LogP contribution is -2.40. The van der Waals surface area contributed by atoms with Crippen molar-refractivity contribution in [2.45, 2.75) is 11.4 Å². The van der Waals surface area contributed by atoms with Crippen LogP contribution in [0.2, 0.25) is 15.1 Å². The minimum atomic E-state index is -3.82. The van der Waals surface area contributed by atoms with Crippen molar-refractivity contribution in [1.82, 2.24) is 9.62 Å². The van der Waals surface area contributed by atoms with E-state index in [1.54, 1.807) is 18.2 Å². The molecule has 1 aliphatic rings. The van der Waals surface area contributed by atoms with Gasteiger partial charge in [-0.2, -0.15) is 4.31 Å². The van der Waals surface area contributed by atoms with Crippen LogP contribution in [0.4, 0.5) is 0 Å². The number of sulfonamides is 1. The van der Waals surface area contributed by atoms with Crippen molar-refractivity contribution in [2.24, 2.45) is 0 Å². The Morgan fingerprint density at radius 2 is 1.75 bits per heavy atom. The molecule has 0 bridgehead atoms. The van der Waals surface area contributed by atoms with Crippen molar-refractivity contribution in [1.29, 1.82) is 0 Å². The molecule has 0 aromatic heterocycles. The van der Waals surface area contributed by atoms with E-state index in [0.717, 1.165) is 0 Å². The number of rotatable bonds is 5. The van der Waals surface area contributed by atoms with Gasteiger partial charge in [0.05, 0.1) is 18.2 Å². The second-order valence-corrected chi connectivity index (χ2v) is 9.24. The third-order valence-electron chi connectivity index (χ3n) is 4.24. The first-order chi connectivity index (χ1) is 13.3. The minimum absolute atomic E-state index is 0.0591. The van der Waals surface area contributed by atoms with Gasteiger partial charge in [0.2, 0.25) is 10.0 Å². The molecule has 0 aliphatic carbocycles. The molecule has 10 heteroatoms. The molecule has 1 N–H and O–H groups in total. The molecule has 0 saturated carbocycles. The number of carbonyl (C=O) groups excluding carboxylic acids is 1. The maximum Gasteiger partial charge on any atom is 0.251 e. The second-order valence-electron chi connectivity index (χ2n) is 6.08. The molecular formula is C18H17Cl3N2O4S. The summed E-state index contributed by atoms with van der Waals surface area (Å²) in [6.07, 6.45) is 0. The number of halogens is 3. The number of nitrogens with zero attached hydrogens (tertiary/aromatic N) is 1. The molecule has 3 rings (SSSR count). The van der Waals surface area contributed by atoms with E-state index < -0.39 is 15.9 Å². The van der Waals surface area contributed by atoms with Gasteiger partial charge in [-0.3, -0.25) is 4.79 Å². The van der Waals surface area contributed by atoms with Crippen LogP contribution in [0.5, 0.6) is 0 Å². The molecule has 150 valence electrons. The number of amides is 1. The van der Waals surface area contributed by atoms with Crippen LogP contribution in [-0.4, -0.2) is 44.9 Å². The lowest BCUT2D eigenvalue weighted by atomic mass is 10.2. The average Bonchev–Trinajstić information content (AvgIpc) is 2.68. The predicted octanol–water partition coefficient (Wildman–Crippen LogP) is 3.60. The Morgan fingerprint density at radius 3 is 2.43 bits per heavy atom. The smallest absolute Gasteiger partial charge is 0.251 e. The molecule has 2 aromatic carbocycles. The number of nitrogens with one attached hydrogen (secondary N) is 1. The summed E-state index contributed by atoms with van der Waals surface area (Å²) in [6, 6.07) is 9.12. The van der Waals surface area contributed by atoms with E-state index in [-0.39, 0.29) is 35.1 Å². The summed E-state index contributed by atoms with van der Waals surface area (Å²) >= 11 is 18.1. The summed E-state index contributed by atoms with van der Waals surface area (Å²) in [4.78, 5) is 12.4. The normalized spacial score (nSPS) is 15.4. The fourth-order valence-electron chi connectivity index (χ4n) is 2.71. The van der Waals surface area contributed by atoms with E-state index in [0.29, 0.717) is 28.8 Å². The zero-order chi connectivity index (χ0) is 20.3. The van der Waals surface area contributed by atoms with Gasteiger partial charge in [0.1, 0.15) is 4.90 Å². The first kappa shape index (κ1) is 21.4. The van der Waals surface area contributed by atoms with E-state index in [4.69, 9.17) is 39.5 Å².